The molecule has 0 amide bonds. The number of fused-ring (bicyclic) bond motifs is 2. The minimum Gasteiger partial charge on any atom is -0.501 e. The summed E-state index contributed by atoms with van der Waals surface area (Å²) in [6.07, 6.45) is 10.3. The van der Waals surface area contributed by atoms with Crippen LogP contribution in [0.15, 0.2) is 23.0 Å². The molecule has 0 aliphatic heterocycles. The summed E-state index contributed by atoms with van der Waals surface area (Å²) >= 11 is 0. The monoisotopic (exact) mass is 301 g/mol. The summed E-state index contributed by atoms with van der Waals surface area (Å²) in [5, 5.41) is 0. The van der Waals surface area contributed by atoms with E-state index in [1.165, 1.54) is 35.1 Å². The van der Waals surface area contributed by atoms with Gasteiger partial charge in [0.1, 0.15) is 0 Å². The third-order valence-corrected chi connectivity index (χ3v) is 4.29. The molecule has 0 spiro atoms. The molecule has 2 aliphatic carbocycles. The van der Waals surface area contributed by atoms with Gasteiger partial charge in [-0.3, -0.25) is 0 Å². The van der Waals surface area contributed by atoms with Gasteiger partial charge < -0.3 is 9.47 Å². The quantitative estimate of drug-likeness (QED) is 0.580. The van der Waals surface area contributed by atoms with Gasteiger partial charge in [0.15, 0.2) is 0 Å². The summed E-state index contributed by atoms with van der Waals surface area (Å²) < 4.78 is 17.4. The highest BCUT2D eigenvalue weighted by atomic mass is 16.5. The average molecular weight is 301 g/mol. The Labute approximate surface area is 132 Å². The lowest BCUT2D eigenvalue weighted by Gasteiger charge is -2.16. The largest absolute Gasteiger partial charge is 0.501 e. The smallest absolute Gasteiger partial charge is 0.363 e. The fraction of sp³-hybridized carbons (Fsp3) is 0.526. The van der Waals surface area contributed by atoms with Gasteiger partial charge in [-0.2, -0.15) is 0 Å². The van der Waals surface area contributed by atoms with Crippen molar-refractivity contribution in [2.45, 2.75) is 52.4 Å². The van der Waals surface area contributed by atoms with Gasteiger partial charge in [0.25, 0.3) is 0 Å². The fourth-order valence-corrected chi connectivity index (χ4v) is 3.25. The number of allylic oxidation sites excluding steroid dienone is 2. The number of ether oxygens (including phenoxy) is 2. The Morgan fingerprint density at radius 2 is 1.36 bits per heavy atom. The number of aryl methyl sites for hydroxylation is 2. The first-order valence-corrected chi connectivity index (χ1v) is 8.44. The molecule has 0 saturated heterocycles. The highest BCUT2D eigenvalue weighted by Crippen LogP contribution is 2.38. The summed E-state index contributed by atoms with van der Waals surface area (Å²) in [6, 6.07) is 2.34. The van der Waals surface area contributed by atoms with E-state index in [0.29, 0.717) is 13.2 Å². The van der Waals surface area contributed by atoms with Gasteiger partial charge in [0.05, 0.1) is 48.0 Å². The third kappa shape index (κ3) is 3.03. The summed E-state index contributed by atoms with van der Waals surface area (Å²) in [5.74, 6) is 2.03. The Bertz CT molecular complexity index is 550. The van der Waals surface area contributed by atoms with Gasteiger partial charge in [-0.15, -0.1) is 0 Å². The first-order chi connectivity index (χ1) is 10.8. The second-order valence-electron chi connectivity index (χ2n) is 5.86. The Hall–Kier alpha value is -1.77. The van der Waals surface area contributed by atoms with E-state index < -0.39 is 0 Å². The van der Waals surface area contributed by atoms with E-state index in [9.17, 15) is 0 Å². The van der Waals surface area contributed by atoms with Gasteiger partial charge in [0.2, 0.25) is 0 Å². The SMILES string of the molecule is CCO/C=C1\CCCc2cc3c([o+]c21)/C(=C/OCC)CCC3. The van der Waals surface area contributed by atoms with Gasteiger partial charge >= 0.3 is 11.5 Å². The van der Waals surface area contributed by atoms with Gasteiger partial charge in [-0.25, -0.2) is 4.42 Å². The van der Waals surface area contributed by atoms with Crippen LogP contribution >= 0.6 is 0 Å². The van der Waals surface area contributed by atoms with Gasteiger partial charge in [-0.1, -0.05) is 0 Å². The first kappa shape index (κ1) is 15.1. The van der Waals surface area contributed by atoms with Crippen molar-refractivity contribution in [3.05, 3.63) is 41.2 Å². The molecule has 1 aromatic rings. The molecule has 2 aliphatic rings. The maximum atomic E-state index is 6.35. The first-order valence-electron chi connectivity index (χ1n) is 8.44. The molecule has 0 saturated carbocycles. The van der Waals surface area contributed by atoms with Crippen molar-refractivity contribution in [1.82, 2.24) is 0 Å². The number of rotatable bonds is 4. The van der Waals surface area contributed by atoms with Crippen LogP contribution < -0.4 is 0 Å². The molecular formula is C19H25O3+. The maximum Gasteiger partial charge on any atom is 0.363 e. The minimum atomic E-state index is 0.694. The van der Waals surface area contributed by atoms with Crippen molar-refractivity contribution in [1.29, 1.82) is 0 Å². The topological polar surface area (TPSA) is 29.8 Å². The van der Waals surface area contributed by atoms with E-state index in [2.05, 4.69) is 6.07 Å². The Morgan fingerprint density at radius 1 is 0.864 bits per heavy atom. The van der Waals surface area contributed by atoms with Crippen LogP contribution in [0.25, 0.3) is 11.1 Å². The molecule has 0 bridgehead atoms. The third-order valence-electron chi connectivity index (χ3n) is 4.29. The van der Waals surface area contributed by atoms with Crippen LogP contribution in [0.2, 0.25) is 0 Å². The molecule has 118 valence electrons. The van der Waals surface area contributed by atoms with Crippen molar-refractivity contribution in [3.63, 3.8) is 0 Å². The zero-order chi connectivity index (χ0) is 15.4. The van der Waals surface area contributed by atoms with Crippen molar-refractivity contribution in [2.75, 3.05) is 13.2 Å². The summed E-state index contributed by atoms with van der Waals surface area (Å²) in [4.78, 5) is 0. The molecular weight excluding hydrogens is 276 g/mol. The summed E-state index contributed by atoms with van der Waals surface area (Å²) in [6.45, 7) is 5.40. The fourth-order valence-electron chi connectivity index (χ4n) is 3.25. The molecule has 0 aromatic carbocycles. The van der Waals surface area contributed by atoms with E-state index in [4.69, 9.17) is 13.9 Å². The highest BCUT2D eigenvalue weighted by molar-refractivity contribution is 5.70. The molecule has 0 N–H and O–H groups in total. The molecule has 0 fully saturated rings. The molecule has 0 radical (unpaired) electrons. The molecule has 3 heteroatoms. The van der Waals surface area contributed by atoms with Crippen LogP contribution in [-0.2, 0) is 22.3 Å². The summed E-state index contributed by atoms with van der Waals surface area (Å²) in [5.41, 5.74) is 5.03. The second kappa shape index (κ2) is 6.99. The number of hydrogen-bond donors (Lipinski definition) is 0. The van der Waals surface area contributed by atoms with Crippen LogP contribution in [0.5, 0.6) is 0 Å². The van der Waals surface area contributed by atoms with Crippen LogP contribution in [0.3, 0.4) is 0 Å². The van der Waals surface area contributed by atoms with Crippen LogP contribution in [-0.4, -0.2) is 13.2 Å². The van der Waals surface area contributed by atoms with Crippen molar-refractivity contribution < 1.29 is 13.9 Å². The van der Waals surface area contributed by atoms with Crippen molar-refractivity contribution in [3.8, 4) is 0 Å². The predicted octanol–water partition coefficient (Wildman–Crippen LogP) is 4.99. The Morgan fingerprint density at radius 3 is 1.82 bits per heavy atom. The normalized spacial score (nSPS) is 20.6. The average Bonchev–Trinajstić information content (AvgIpc) is 2.56. The van der Waals surface area contributed by atoms with E-state index in [1.807, 2.05) is 26.4 Å². The molecule has 1 heterocycles. The minimum absolute atomic E-state index is 0.694. The van der Waals surface area contributed by atoms with Crippen molar-refractivity contribution >= 4 is 11.1 Å². The molecule has 3 nitrogen and oxygen atoms in total. The van der Waals surface area contributed by atoms with E-state index in [0.717, 1.165) is 37.2 Å². The van der Waals surface area contributed by atoms with Crippen LogP contribution in [0.4, 0.5) is 0 Å². The van der Waals surface area contributed by atoms with Crippen LogP contribution in [0.1, 0.15) is 62.2 Å². The lowest BCUT2D eigenvalue weighted by Crippen LogP contribution is -2.09. The molecule has 0 unspecified atom stereocenters. The predicted molar refractivity (Wildman–Crippen MR) is 88.2 cm³/mol. The Kier molecular flexibility index (Phi) is 4.81. The van der Waals surface area contributed by atoms with E-state index in [1.54, 1.807) is 0 Å². The van der Waals surface area contributed by atoms with Gasteiger partial charge in [-0.05, 0) is 58.4 Å². The lowest BCUT2D eigenvalue weighted by atomic mass is 9.87. The Balaban J connectivity index is 2.02. The highest BCUT2D eigenvalue weighted by Gasteiger charge is 2.33. The van der Waals surface area contributed by atoms with E-state index >= 15 is 0 Å². The maximum absolute atomic E-state index is 6.35. The van der Waals surface area contributed by atoms with Gasteiger partial charge in [0, 0.05) is 0 Å². The summed E-state index contributed by atoms with van der Waals surface area (Å²) in [7, 11) is 0. The zero-order valence-electron chi connectivity index (χ0n) is 13.6. The number of hydrogen-bond acceptors (Lipinski definition) is 2. The second-order valence-corrected chi connectivity index (χ2v) is 5.86. The molecule has 3 rings (SSSR count). The van der Waals surface area contributed by atoms with Crippen molar-refractivity contribution in [2.24, 2.45) is 0 Å². The molecule has 1 aromatic heterocycles. The zero-order valence-corrected chi connectivity index (χ0v) is 13.6. The van der Waals surface area contributed by atoms with Crippen LogP contribution in [0, 0.1) is 0 Å². The lowest BCUT2D eigenvalue weighted by molar-refractivity contribution is 0.268. The van der Waals surface area contributed by atoms with E-state index in [-0.39, 0.29) is 0 Å². The standard InChI is InChI=1S/C19H25O3/c1-3-20-12-16-9-5-7-14-11-15-8-6-10-17(13-21-4-2)19(15)22-18(14)16/h11-13H,3-10H2,1-2H3/q+1/b16-12+,17-13+. The molecule has 0 atom stereocenters. The molecule has 22 heavy (non-hydrogen) atoms.